The van der Waals surface area contributed by atoms with Crippen molar-refractivity contribution in [1.82, 2.24) is 19.7 Å². The van der Waals surface area contributed by atoms with Gasteiger partial charge >= 0.3 is 6.61 Å². The number of nitrogens with two attached hydrogens (primary N) is 1. The highest BCUT2D eigenvalue weighted by atomic mass is 19.3. The van der Waals surface area contributed by atoms with E-state index < -0.39 is 12.5 Å². The lowest BCUT2D eigenvalue weighted by Crippen LogP contribution is -2.49. The van der Waals surface area contributed by atoms with Gasteiger partial charge in [-0.1, -0.05) is 0 Å². The zero-order chi connectivity index (χ0) is 22.0. The summed E-state index contributed by atoms with van der Waals surface area (Å²) in [6.07, 6.45) is 6.61. The summed E-state index contributed by atoms with van der Waals surface area (Å²) >= 11 is 0. The van der Waals surface area contributed by atoms with Crippen molar-refractivity contribution in [3.05, 3.63) is 41.5 Å². The minimum Gasteiger partial charge on any atom is -0.417 e. The molecule has 4 rings (SSSR count). The fourth-order valence-corrected chi connectivity index (χ4v) is 4.18. The van der Waals surface area contributed by atoms with Gasteiger partial charge in [0.05, 0.1) is 11.9 Å². The number of hydrogen-bond donors (Lipinski definition) is 2. The van der Waals surface area contributed by atoms with Gasteiger partial charge in [-0.25, -0.2) is 11.6 Å². The second kappa shape index (κ2) is 8.85. The fraction of sp³-hybridized carbons (Fsp3) is 0.500. The van der Waals surface area contributed by atoms with E-state index in [1.54, 1.807) is 10.9 Å². The Morgan fingerprint density at radius 3 is 2.74 bits per heavy atom. The molecule has 1 aliphatic heterocycles. The predicted molar refractivity (Wildman–Crippen MR) is 108 cm³/mol. The number of amides is 1. The average molecular weight is 431 g/mol. The van der Waals surface area contributed by atoms with Crippen molar-refractivity contribution in [1.29, 1.82) is 0 Å². The number of rotatable bonds is 7. The summed E-state index contributed by atoms with van der Waals surface area (Å²) in [5.74, 6) is -0.654. The lowest BCUT2D eigenvalue weighted by Gasteiger charge is -2.42. The first-order chi connectivity index (χ1) is 14.9. The van der Waals surface area contributed by atoms with E-state index in [1.807, 2.05) is 0 Å². The zero-order valence-corrected chi connectivity index (χ0v) is 16.7. The molecule has 2 aromatic rings. The van der Waals surface area contributed by atoms with Gasteiger partial charge in [0, 0.05) is 24.7 Å². The molecular weight excluding hydrogens is 408 g/mol. The van der Waals surface area contributed by atoms with Crippen LogP contribution in [0.25, 0.3) is 4.85 Å². The molecule has 3 atom stereocenters. The van der Waals surface area contributed by atoms with Gasteiger partial charge < -0.3 is 20.6 Å². The molecule has 164 valence electrons. The topological polar surface area (TPSA) is 103 Å². The van der Waals surface area contributed by atoms with E-state index in [4.69, 9.17) is 12.3 Å². The Hall–Kier alpha value is -3.26. The number of aromatic nitrogens is 3. The van der Waals surface area contributed by atoms with Crippen molar-refractivity contribution < 1.29 is 18.3 Å². The summed E-state index contributed by atoms with van der Waals surface area (Å²) < 4.78 is 30.4. The first kappa shape index (κ1) is 21.0. The van der Waals surface area contributed by atoms with Gasteiger partial charge in [-0.3, -0.25) is 14.4 Å². The molecule has 0 spiro atoms. The highest BCUT2D eigenvalue weighted by Gasteiger charge is 2.40. The monoisotopic (exact) mass is 431 g/mol. The number of hydrogen-bond acceptors (Lipinski definition) is 6. The highest BCUT2D eigenvalue weighted by Crippen LogP contribution is 2.36. The van der Waals surface area contributed by atoms with Crippen molar-refractivity contribution in [3.8, 4) is 5.88 Å². The lowest BCUT2D eigenvalue weighted by atomic mass is 9.85. The third-order valence-corrected chi connectivity index (χ3v) is 5.87. The Morgan fingerprint density at radius 2 is 2.16 bits per heavy atom. The highest BCUT2D eigenvalue weighted by molar-refractivity contribution is 5.98. The average Bonchev–Trinajstić information content (AvgIpc) is 3.11. The minimum absolute atomic E-state index is 0.149. The van der Waals surface area contributed by atoms with Crippen LogP contribution in [-0.2, 0) is 0 Å². The normalized spacial score (nSPS) is 23.7. The number of carbonyl (C=O) groups is 1. The molecule has 11 heteroatoms. The summed E-state index contributed by atoms with van der Waals surface area (Å²) in [5.41, 5.74) is 6.14. The van der Waals surface area contributed by atoms with Crippen molar-refractivity contribution in [3.63, 3.8) is 0 Å². The SMILES string of the molecule is [C-]#[N+][C@H]1C[C@@H](N2CCC2)CC[C@@H]1n1cc(C(N)=O)c(Nc2ccc(OC(F)F)nc2)n1. The van der Waals surface area contributed by atoms with Crippen LogP contribution in [0.1, 0.15) is 42.1 Å². The summed E-state index contributed by atoms with van der Waals surface area (Å²) in [6.45, 7) is 6.89. The molecule has 1 saturated heterocycles. The van der Waals surface area contributed by atoms with Gasteiger partial charge in [0.25, 0.3) is 5.91 Å². The first-order valence-corrected chi connectivity index (χ1v) is 10.1. The first-order valence-electron chi connectivity index (χ1n) is 10.1. The second-order valence-corrected chi connectivity index (χ2v) is 7.74. The lowest BCUT2D eigenvalue weighted by molar-refractivity contribution is -0.0528. The molecule has 0 unspecified atom stereocenters. The van der Waals surface area contributed by atoms with E-state index in [0.29, 0.717) is 11.7 Å². The van der Waals surface area contributed by atoms with Crippen LogP contribution in [0, 0.1) is 6.57 Å². The molecule has 2 aromatic heterocycles. The smallest absolute Gasteiger partial charge is 0.388 e. The van der Waals surface area contributed by atoms with Crippen molar-refractivity contribution in [2.24, 2.45) is 5.73 Å². The molecule has 3 N–H and O–H groups in total. The molecule has 0 aromatic carbocycles. The largest absolute Gasteiger partial charge is 0.417 e. The number of pyridine rings is 1. The fourth-order valence-electron chi connectivity index (χ4n) is 4.18. The number of halogens is 2. The molecular formula is C20H23F2N7O2. The van der Waals surface area contributed by atoms with Gasteiger partial charge in [-0.05, 0) is 38.4 Å². The van der Waals surface area contributed by atoms with E-state index in [0.717, 1.165) is 32.4 Å². The van der Waals surface area contributed by atoms with E-state index in [-0.39, 0.29) is 29.3 Å². The molecule has 2 aliphatic rings. The maximum absolute atomic E-state index is 12.3. The van der Waals surface area contributed by atoms with Gasteiger partial charge in [0.2, 0.25) is 11.9 Å². The number of primary amides is 1. The number of nitrogens with zero attached hydrogens (tertiary/aromatic N) is 5. The molecule has 31 heavy (non-hydrogen) atoms. The maximum Gasteiger partial charge on any atom is 0.388 e. The van der Waals surface area contributed by atoms with Gasteiger partial charge in [0.15, 0.2) is 5.82 Å². The molecule has 0 radical (unpaired) electrons. The Balaban J connectivity index is 1.52. The van der Waals surface area contributed by atoms with Crippen LogP contribution in [0.4, 0.5) is 20.3 Å². The van der Waals surface area contributed by atoms with Crippen LogP contribution < -0.4 is 15.8 Å². The summed E-state index contributed by atoms with van der Waals surface area (Å²) in [7, 11) is 0. The summed E-state index contributed by atoms with van der Waals surface area (Å²) in [6, 6.07) is 2.80. The number of anilines is 2. The van der Waals surface area contributed by atoms with E-state index >= 15 is 0 Å². The van der Waals surface area contributed by atoms with Crippen molar-refractivity contribution in [2.75, 3.05) is 18.4 Å². The molecule has 9 nitrogen and oxygen atoms in total. The number of ether oxygens (including phenoxy) is 1. The summed E-state index contributed by atoms with van der Waals surface area (Å²) in [5, 5.41) is 7.44. The van der Waals surface area contributed by atoms with Crippen molar-refractivity contribution in [2.45, 2.75) is 50.4 Å². The van der Waals surface area contributed by atoms with E-state index in [9.17, 15) is 13.6 Å². The van der Waals surface area contributed by atoms with Crippen LogP contribution in [0.15, 0.2) is 24.5 Å². The van der Waals surface area contributed by atoms with E-state index in [1.165, 1.54) is 24.8 Å². The Kier molecular flexibility index (Phi) is 5.99. The van der Waals surface area contributed by atoms with Gasteiger partial charge in [-0.15, -0.1) is 0 Å². The van der Waals surface area contributed by atoms with Crippen LogP contribution in [0.2, 0.25) is 0 Å². The Bertz CT molecular complexity index is 969. The number of alkyl halides is 2. The standard InChI is InChI=1S/C20H23F2N7O2/c1-24-15-9-13(28-7-2-8-28)4-5-16(15)29-11-14(18(23)30)19(27-29)26-12-3-6-17(25-10-12)31-20(21)22/h3,6,10-11,13,15-16,20H,2,4-5,7-9H2,(H2,23,30)(H,26,27)/t13-,15-,16-/m0/s1. The summed E-state index contributed by atoms with van der Waals surface area (Å²) in [4.78, 5) is 22.0. The number of carbonyl (C=O) groups excluding carboxylic acids is 1. The maximum atomic E-state index is 12.3. The van der Waals surface area contributed by atoms with Crippen LogP contribution in [0.3, 0.4) is 0 Å². The number of likely N-dealkylation sites (tertiary alicyclic amines) is 1. The molecule has 3 heterocycles. The number of nitrogens with one attached hydrogen (secondary N) is 1. The minimum atomic E-state index is -2.96. The van der Waals surface area contributed by atoms with Crippen LogP contribution in [-0.4, -0.2) is 57.4 Å². The molecule has 1 aliphatic carbocycles. The van der Waals surface area contributed by atoms with Gasteiger partial charge in [0.1, 0.15) is 11.6 Å². The Morgan fingerprint density at radius 1 is 1.35 bits per heavy atom. The third-order valence-electron chi connectivity index (χ3n) is 5.87. The quantitative estimate of drug-likeness (QED) is 0.654. The predicted octanol–water partition coefficient (Wildman–Crippen LogP) is 2.81. The Labute approximate surface area is 178 Å². The van der Waals surface area contributed by atoms with E-state index in [2.05, 4.69) is 29.9 Å². The molecule has 2 fully saturated rings. The zero-order valence-electron chi connectivity index (χ0n) is 16.7. The van der Waals surface area contributed by atoms with Crippen LogP contribution in [0.5, 0.6) is 5.88 Å². The third kappa shape index (κ3) is 4.59. The molecule has 1 amide bonds. The molecule has 1 saturated carbocycles. The second-order valence-electron chi connectivity index (χ2n) is 7.74. The van der Waals surface area contributed by atoms with Crippen LogP contribution >= 0.6 is 0 Å². The van der Waals surface area contributed by atoms with Gasteiger partial charge in [-0.2, -0.15) is 13.9 Å². The van der Waals surface area contributed by atoms with Crippen molar-refractivity contribution >= 4 is 17.4 Å². The molecule has 0 bridgehead atoms.